The van der Waals surface area contributed by atoms with Crippen molar-refractivity contribution in [2.45, 2.75) is 45.1 Å². The van der Waals surface area contributed by atoms with Gasteiger partial charge in [-0.3, -0.25) is 9.59 Å². The molecule has 0 fully saturated rings. The maximum absolute atomic E-state index is 12.4. The number of carbonyl (C=O) groups is 2. The van der Waals surface area contributed by atoms with E-state index >= 15 is 0 Å². The van der Waals surface area contributed by atoms with Gasteiger partial charge in [-0.1, -0.05) is 48.1 Å². The predicted molar refractivity (Wildman–Crippen MR) is 122 cm³/mol. The fraction of sp³-hybridized carbons (Fsp3) is 0.360. The standard InChI is InChI=1S/C25H28O4S/c1-17-15-21(26)20(10-5-3-4-6-12-24(27)28)19(17)13-14-25(2,29)23-16-18-9-7-8-11-22(18)30-23/h3,5,7-9,11,13-16,19-20,29H,4,6,10,12H2,1-2H3,(H,27,28)/b5-3-,14-13+/t19-,20+,25+/m0/s1. The van der Waals surface area contributed by atoms with Crippen LogP contribution in [0.3, 0.4) is 0 Å². The first-order chi connectivity index (χ1) is 14.3. The molecule has 1 aromatic carbocycles. The summed E-state index contributed by atoms with van der Waals surface area (Å²) in [5.74, 6) is -0.888. The van der Waals surface area contributed by atoms with Gasteiger partial charge in [0, 0.05) is 27.8 Å². The quantitative estimate of drug-likeness (QED) is 0.404. The molecule has 3 rings (SSSR count). The van der Waals surface area contributed by atoms with Crippen molar-refractivity contribution in [3.63, 3.8) is 0 Å². The van der Waals surface area contributed by atoms with Crippen LogP contribution in [0.2, 0.25) is 0 Å². The Morgan fingerprint density at radius 1 is 1.27 bits per heavy atom. The Balaban J connectivity index is 1.68. The Kier molecular flexibility index (Phi) is 7.06. The van der Waals surface area contributed by atoms with Crippen LogP contribution in [-0.4, -0.2) is 22.0 Å². The number of unbranched alkanes of at least 4 members (excludes halogenated alkanes) is 1. The first kappa shape index (κ1) is 22.2. The molecule has 0 unspecified atom stereocenters. The van der Waals surface area contributed by atoms with E-state index in [9.17, 15) is 14.7 Å². The van der Waals surface area contributed by atoms with Gasteiger partial charge in [-0.05, 0) is 56.7 Å². The molecule has 1 aliphatic carbocycles. The fourth-order valence-electron chi connectivity index (χ4n) is 3.81. The summed E-state index contributed by atoms with van der Waals surface area (Å²) in [5, 5.41) is 20.9. The minimum atomic E-state index is -1.10. The number of fused-ring (bicyclic) bond motifs is 1. The van der Waals surface area contributed by atoms with E-state index in [4.69, 9.17) is 5.11 Å². The monoisotopic (exact) mass is 424 g/mol. The maximum Gasteiger partial charge on any atom is 0.303 e. The van der Waals surface area contributed by atoms with Gasteiger partial charge in [-0.15, -0.1) is 11.3 Å². The van der Waals surface area contributed by atoms with Crippen LogP contribution in [0.5, 0.6) is 0 Å². The third-order valence-electron chi connectivity index (χ3n) is 5.57. The van der Waals surface area contributed by atoms with Crippen LogP contribution in [0, 0.1) is 11.8 Å². The molecular formula is C25H28O4S. The molecule has 0 spiro atoms. The number of rotatable bonds is 9. The number of carbonyl (C=O) groups excluding carboxylic acids is 1. The van der Waals surface area contributed by atoms with Gasteiger partial charge in [0.2, 0.25) is 0 Å². The number of aliphatic carboxylic acids is 1. The van der Waals surface area contributed by atoms with E-state index in [0.29, 0.717) is 19.3 Å². The van der Waals surface area contributed by atoms with Crippen LogP contribution in [-0.2, 0) is 15.2 Å². The number of ketones is 1. The van der Waals surface area contributed by atoms with Gasteiger partial charge >= 0.3 is 5.97 Å². The van der Waals surface area contributed by atoms with Crippen molar-refractivity contribution in [1.29, 1.82) is 0 Å². The SMILES string of the molecule is CC1=CC(=O)[C@H](C/C=C\CCCC(=O)O)[C@H]1/C=C/[C@@](C)(O)c1cc2ccccc2s1. The van der Waals surface area contributed by atoms with Gasteiger partial charge < -0.3 is 10.2 Å². The minimum Gasteiger partial charge on any atom is -0.481 e. The van der Waals surface area contributed by atoms with E-state index in [-0.39, 0.29) is 24.0 Å². The molecule has 1 heterocycles. The average Bonchev–Trinajstić information content (AvgIpc) is 3.24. The largest absolute Gasteiger partial charge is 0.481 e. The average molecular weight is 425 g/mol. The molecule has 5 heteroatoms. The van der Waals surface area contributed by atoms with E-state index in [1.807, 2.05) is 61.6 Å². The predicted octanol–water partition coefficient (Wildman–Crippen LogP) is 5.63. The van der Waals surface area contributed by atoms with Crippen LogP contribution in [0.15, 0.2) is 66.3 Å². The number of aliphatic hydroxyl groups is 1. The van der Waals surface area contributed by atoms with Crippen LogP contribution in [0.4, 0.5) is 0 Å². The first-order valence-electron chi connectivity index (χ1n) is 10.3. The van der Waals surface area contributed by atoms with Crippen LogP contribution in [0.1, 0.15) is 44.4 Å². The highest BCUT2D eigenvalue weighted by atomic mass is 32.1. The zero-order chi connectivity index (χ0) is 21.7. The third kappa shape index (κ3) is 5.35. The number of hydrogen-bond donors (Lipinski definition) is 2. The van der Waals surface area contributed by atoms with E-state index in [2.05, 4.69) is 0 Å². The second-order valence-electron chi connectivity index (χ2n) is 8.07. The molecule has 0 radical (unpaired) electrons. The highest BCUT2D eigenvalue weighted by Gasteiger charge is 2.32. The van der Waals surface area contributed by atoms with Gasteiger partial charge in [0.05, 0.1) is 0 Å². The van der Waals surface area contributed by atoms with Crippen molar-refractivity contribution in [3.8, 4) is 0 Å². The molecule has 4 nitrogen and oxygen atoms in total. The zero-order valence-electron chi connectivity index (χ0n) is 17.4. The highest BCUT2D eigenvalue weighted by Crippen LogP contribution is 2.37. The van der Waals surface area contributed by atoms with Crippen LogP contribution in [0.25, 0.3) is 10.1 Å². The molecular weight excluding hydrogens is 396 g/mol. The summed E-state index contributed by atoms with van der Waals surface area (Å²) in [6.07, 6.45) is 11.5. The number of carboxylic acids is 1. The molecule has 2 N–H and O–H groups in total. The molecule has 0 bridgehead atoms. The lowest BCUT2D eigenvalue weighted by Gasteiger charge is -2.20. The molecule has 158 valence electrons. The van der Waals surface area contributed by atoms with Crippen molar-refractivity contribution in [1.82, 2.24) is 0 Å². The van der Waals surface area contributed by atoms with Crippen molar-refractivity contribution >= 4 is 33.2 Å². The summed E-state index contributed by atoms with van der Waals surface area (Å²) in [7, 11) is 0. The molecule has 1 aromatic heterocycles. The summed E-state index contributed by atoms with van der Waals surface area (Å²) < 4.78 is 1.14. The summed E-state index contributed by atoms with van der Waals surface area (Å²) in [4.78, 5) is 23.9. The second kappa shape index (κ2) is 9.54. The van der Waals surface area contributed by atoms with E-state index in [1.165, 1.54) is 0 Å². The van der Waals surface area contributed by atoms with Crippen molar-refractivity contribution < 1.29 is 19.8 Å². The van der Waals surface area contributed by atoms with Gasteiger partial charge in [-0.2, -0.15) is 0 Å². The van der Waals surface area contributed by atoms with Gasteiger partial charge in [-0.25, -0.2) is 0 Å². The number of thiophene rings is 1. The van der Waals surface area contributed by atoms with E-state index in [1.54, 1.807) is 24.3 Å². The Labute approximate surface area is 181 Å². The summed E-state index contributed by atoms with van der Waals surface area (Å²) >= 11 is 1.58. The van der Waals surface area contributed by atoms with E-state index < -0.39 is 11.6 Å². The van der Waals surface area contributed by atoms with Gasteiger partial charge in [0.25, 0.3) is 0 Å². The molecule has 0 amide bonds. The number of carboxylic acid groups (broad SMARTS) is 1. The lowest BCUT2D eigenvalue weighted by molar-refractivity contribution is -0.137. The topological polar surface area (TPSA) is 74.6 Å². The molecule has 0 saturated heterocycles. The van der Waals surface area contributed by atoms with Crippen LogP contribution < -0.4 is 0 Å². The van der Waals surface area contributed by atoms with Gasteiger partial charge in [0.15, 0.2) is 5.78 Å². The number of benzene rings is 1. The van der Waals surface area contributed by atoms with E-state index in [0.717, 1.165) is 20.5 Å². The number of allylic oxidation sites excluding steroid dienone is 5. The van der Waals surface area contributed by atoms with Crippen molar-refractivity contribution in [2.24, 2.45) is 11.8 Å². The van der Waals surface area contributed by atoms with Crippen molar-refractivity contribution in [3.05, 3.63) is 71.2 Å². The summed E-state index contributed by atoms with van der Waals surface area (Å²) in [6.45, 7) is 3.74. The zero-order valence-corrected chi connectivity index (χ0v) is 18.2. The first-order valence-corrected chi connectivity index (χ1v) is 11.1. The van der Waals surface area contributed by atoms with Crippen LogP contribution >= 0.6 is 11.3 Å². The molecule has 0 aliphatic heterocycles. The Hall–Kier alpha value is -2.50. The lowest BCUT2D eigenvalue weighted by atomic mass is 9.86. The fourth-order valence-corrected chi connectivity index (χ4v) is 4.90. The molecule has 3 atom stereocenters. The Bertz CT molecular complexity index is 976. The highest BCUT2D eigenvalue weighted by molar-refractivity contribution is 7.19. The minimum absolute atomic E-state index is 0.0398. The Morgan fingerprint density at radius 3 is 2.77 bits per heavy atom. The second-order valence-corrected chi connectivity index (χ2v) is 9.15. The smallest absolute Gasteiger partial charge is 0.303 e. The number of hydrogen-bond acceptors (Lipinski definition) is 4. The Morgan fingerprint density at radius 2 is 2.03 bits per heavy atom. The maximum atomic E-state index is 12.4. The normalized spacial score (nSPS) is 21.6. The molecule has 30 heavy (non-hydrogen) atoms. The van der Waals surface area contributed by atoms with Crippen molar-refractivity contribution in [2.75, 3.05) is 0 Å². The lowest BCUT2D eigenvalue weighted by Crippen LogP contribution is -2.19. The van der Waals surface area contributed by atoms with Gasteiger partial charge in [0.1, 0.15) is 5.60 Å². The molecule has 0 saturated carbocycles. The summed E-state index contributed by atoms with van der Waals surface area (Å²) in [5.41, 5.74) is -0.0972. The third-order valence-corrected chi connectivity index (χ3v) is 6.91. The molecule has 2 aromatic rings. The molecule has 1 aliphatic rings. The summed E-state index contributed by atoms with van der Waals surface area (Å²) in [6, 6.07) is 10.1.